The van der Waals surface area contributed by atoms with E-state index in [9.17, 15) is 9.59 Å². The predicted molar refractivity (Wildman–Crippen MR) is 33.6 cm³/mol. The zero-order chi connectivity index (χ0) is 9.78. The second-order valence-corrected chi connectivity index (χ2v) is 2.09. The number of rotatable bonds is 5. The number of nitrogens with two attached hydrogens (primary N) is 1. The van der Waals surface area contributed by atoms with Crippen molar-refractivity contribution >= 4 is 11.9 Å². The molecular weight excluding hydrogens is 154 g/mol. The maximum absolute atomic E-state index is 10.3. The van der Waals surface area contributed by atoms with Crippen molar-refractivity contribution in [3.8, 4) is 0 Å². The number of hydrogen-bond acceptors (Lipinski definition) is 4. The molecule has 0 aliphatic carbocycles. The number of carbonyl (C=O) groups is 2. The average molecular weight is 164 g/mol. The summed E-state index contributed by atoms with van der Waals surface area (Å²) in [5, 5.41) is 20.3. The zero-order valence-corrected chi connectivity index (χ0v) is 5.61. The van der Waals surface area contributed by atoms with Gasteiger partial charge in [-0.3, -0.25) is 10.5 Å². The number of hydrogen-bond donors (Lipinski definition) is 4. The summed E-state index contributed by atoms with van der Waals surface area (Å²) in [6.45, 7) is 0. The minimum atomic E-state index is -2.22. The van der Waals surface area contributed by atoms with Crippen LogP contribution in [0.4, 0.5) is 0 Å². The van der Waals surface area contributed by atoms with Gasteiger partial charge in [0, 0.05) is 12.8 Å². The molecule has 11 heavy (non-hydrogen) atoms. The van der Waals surface area contributed by atoms with Crippen molar-refractivity contribution in [1.82, 2.24) is 0 Å². The number of aliphatic carboxylic acids is 2. The summed E-state index contributed by atoms with van der Waals surface area (Å²) in [6, 6.07) is 0. The number of carboxylic acids is 2. The molecule has 1 atom stereocenters. The summed E-state index contributed by atoms with van der Waals surface area (Å²) in [6.07, 6.45) is -0.900. The Morgan fingerprint density at radius 1 is 1.55 bits per heavy atom. The van der Waals surface area contributed by atoms with Crippen LogP contribution in [0.5, 0.6) is 0 Å². The van der Waals surface area contributed by atoms with E-state index in [2.05, 4.69) is 5.11 Å². The van der Waals surface area contributed by atoms with Crippen LogP contribution in [0.1, 0.15) is 12.8 Å². The molecule has 5 N–H and O–H groups in total. The summed E-state index contributed by atoms with van der Waals surface area (Å²) in [5.74, 6) is -2.75. The van der Waals surface area contributed by atoms with E-state index < -0.39 is 30.5 Å². The fourth-order valence-electron chi connectivity index (χ4n) is 0.400. The predicted octanol–water partition coefficient (Wildman–Crippen LogP) is -1.42. The van der Waals surface area contributed by atoms with Crippen LogP contribution < -0.4 is 5.73 Å². The SMILES string of the molecule is [2H]O[C@](N)(CCC(=O)O)C(=O)O. The molecule has 0 bridgehead atoms. The van der Waals surface area contributed by atoms with Gasteiger partial charge >= 0.3 is 11.9 Å². The Morgan fingerprint density at radius 3 is 2.36 bits per heavy atom. The van der Waals surface area contributed by atoms with E-state index in [0.717, 1.165) is 0 Å². The first-order valence-electron chi connectivity index (χ1n) is 3.21. The molecule has 0 aromatic heterocycles. The summed E-state index contributed by atoms with van der Waals surface area (Å²) in [5.41, 5.74) is 2.79. The molecule has 0 spiro atoms. The van der Waals surface area contributed by atoms with Gasteiger partial charge in [0.15, 0.2) is 0 Å². The molecule has 0 aromatic carbocycles. The Morgan fingerprint density at radius 2 is 2.09 bits per heavy atom. The maximum Gasteiger partial charge on any atom is 0.351 e. The largest absolute Gasteiger partial charge is 0.481 e. The summed E-state index contributed by atoms with van der Waals surface area (Å²) in [7, 11) is 0. The maximum atomic E-state index is 10.3. The lowest BCUT2D eigenvalue weighted by Crippen LogP contribution is -2.48. The fraction of sp³-hybridized carbons (Fsp3) is 0.600. The lowest BCUT2D eigenvalue weighted by atomic mass is 10.1. The van der Waals surface area contributed by atoms with Crippen LogP contribution in [-0.4, -0.2) is 34.4 Å². The number of carboxylic acid groups (broad SMARTS) is 2. The Balaban J connectivity index is 4.15. The van der Waals surface area contributed by atoms with Gasteiger partial charge in [-0.05, 0) is 0 Å². The summed E-state index contributed by atoms with van der Waals surface area (Å²) >= 11 is 0. The van der Waals surface area contributed by atoms with Crippen molar-refractivity contribution in [2.45, 2.75) is 18.6 Å². The van der Waals surface area contributed by atoms with E-state index in [1.807, 2.05) is 0 Å². The second kappa shape index (κ2) is 3.31. The first-order chi connectivity index (χ1) is 5.42. The quantitative estimate of drug-likeness (QED) is 0.370. The van der Waals surface area contributed by atoms with E-state index in [1.54, 1.807) is 0 Å². The third-order valence-corrected chi connectivity index (χ3v) is 1.07. The van der Waals surface area contributed by atoms with Crippen molar-refractivity contribution in [1.29, 1.82) is 1.43 Å². The van der Waals surface area contributed by atoms with E-state index >= 15 is 0 Å². The van der Waals surface area contributed by atoms with Crippen LogP contribution in [0.3, 0.4) is 0 Å². The van der Waals surface area contributed by atoms with Crippen molar-refractivity contribution in [3.63, 3.8) is 0 Å². The molecule has 0 rings (SSSR count). The second-order valence-electron chi connectivity index (χ2n) is 2.09. The molecule has 0 radical (unpaired) electrons. The van der Waals surface area contributed by atoms with E-state index in [0.29, 0.717) is 0 Å². The molecule has 0 fully saturated rings. The molecule has 0 saturated heterocycles. The average Bonchev–Trinajstić information content (AvgIpc) is 1.99. The molecule has 0 unspecified atom stereocenters. The van der Waals surface area contributed by atoms with Gasteiger partial charge in [0.05, 0.1) is 0 Å². The van der Waals surface area contributed by atoms with Gasteiger partial charge in [0.25, 0.3) is 0 Å². The molecule has 6 heteroatoms. The zero-order valence-electron chi connectivity index (χ0n) is 6.61. The molecule has 6 nitrogen and oxygen atoms in total. The third kappa shape index (κ3) is 3.54. The van der Waals surface area contributed by atoms with Crippen LogP contribution in [-0.2, 0) is 9.59 Å². The van der Waals surface area contributed by atoms with Crippen LogP contribution in [0.2, 0.25) is 0 Å². The first-order valence-corrected chi connectivity index (χ1v) is 2.81. The lowest BCUT2D eigenvalue weighted by Gasteiger charge is -2.15. The van der Waals surface area contributed by atoms with Gasteiger partial charge in [0.1, 0.15) is 0 Å². The van der Waals surface area contributed by atoms with Gasteiger partial charge < -0.3 is 15.3 Å². The van der Waals surface area contributed by atoms with E-state index in [4.69, 9.17) is 17.4 Å². The topological polar surface area (TPSA) is 121 Å². The van der Waals surface area contributed by atoms with Crippen molar-refractivity contribution in [2.24, 2.45) is 5.73 Å². The molecule has 0 aromatic rings. The third-order valence-electron chi connectivity index (χ3n) is 1.07. The first kappa shape index (κ1) is 7.96. The lowest BCUT2D eigenvalue weighted by molar-refractivity contribution is -0.159. The Labute approximate surface area is 63.7 Å². The Kier molecular flexibility index (Phi) is 2.40. The van der Waals surface area contributed by atoms with Gasteiger partial charge in [0.2, 0.25) is 7.16 Å². The van der Waals surface area contributed by atoms with Crippen molar-refractivity contribution in [3.05, 3.63) is 0 Å². The van der Waals surface area contributed by atoms with Gasteiger partial charge in [-0.1, -0.05) is 0 Å². The Hall–Kier alpha value is -1.14. The molecule has 0 aliphatic rings. The van der Waals surface area contributed by atoms with E-state index in [-0.39, 0.29) is 0 Å². The highest BCUT2D eigenvalue weighted by molar-refractivity contribution is 5.77. The van der Waals surface area contributed by atoms with Gasteiger partial charge in [-0.15, -0.1) is 0 Å². The molecule has 0 aliphatic heterocycles. The highest BCUT2D eigenvalue weighted by atomic mass is 16.4. The van der Waals surface area contributed by atoms with Crippen molar-refractivity contribution in [2.75, 3.05) is 0 Å². The standard InChI is InChI=1S/C5H9NO5/c6-5(11,4(9)10)2-1-3(7)8/h11H,1-2,6H2,(H,7,8)(H,9,10)/t5-/m1/s1/i11D. The molecule has 0 amide bonds. The number of aliphatic hydroxyl groups is 1. The van der Waals surface area contributed by atoms with Crippen LogP contribution in [0.15, 0.2) is 0 Å². The minimum absolute atomic E-state index is 0.443. The normalized spacial score (nSPS) is 16.6. The van der Waals surface area contributed by atoms with E-state index in [1.165, 1.54) is 0 Å². The van der Waals surface area contributed by atoms with Gasteiger partial charge in [-0.25, -0.2) is 4.79 Å². The molecule has 0 heterocycles. The van der Waals surface area contributed by atoms with Crippen LogP contribution in [0.25, 0.3) is 0 Å². The fourth-order valence-corrected chi connectivity index (χ4v) is 0.400. The molecule has 64 valence electrons. The monoisotopic (exact) mass is 164 g/mol. The molecule has 0 saturated carbocycles. The smallest absolute Gasteiger partial charge is 0.351 e. The minimum Gasteiger partial charge on any atom is -0.481 e. The van der Waals surface area contributed by atoms with Crippen LogP contribution in [0, 0.1) is 0 Å². The van der Waals surface area contributed by atoms with Crippen LogP contribution >= 0.6 is 0 Å². The molecular formula is C5H9NO5. The highest BCUT2D eigenvalue weighted by Crippen LogP contribution is 2.05. The Bertz CT molecular complexity index is 196. The van der Waals surface area contributed by atoms with Gasteiger partial charge in [-0.2, -0.15) is 0 Å². The summed E-state index contributed by atoms with van der Waals surface area (Å²) in [4.78, 5) is 20.3. The highest BCUT2D eigenvalue weighted by Gasteiger charge is 2.30. The summed E-state index contributed by atoms with van der Waals surface area (Å²) < 4.78 is 6.33. The van der Waals surface area contributed by atoms with Crippen molar-refractivity contribution < 1.29 is 24.9 Å².